The van der Waals surface area contributed by atoms with E-state index in [1.807, 2.05) is 36.9 Å². The molecule has 2 aromatic rings. The first-order valence-electron chi connectivity index (χ1n) is 9.65. The number of aliphatic imine (C=N–C) groups is 1. The van der Waals surface area contributed by atoms with E-state index in [1.165, 1.54) is 11.8 Å². The Bertz CT molecular complexity index is 1160. The largest absolute Gasteiger partial charge is 0.325 e. The van der Waals surface area contributed by atoms with Crippen LogP contribution in [0.4, 0.5) is 11.4 Å². The smallest absolute Gasteiger partial charge is 0.234 e. The maximum Gasteiger partial charge on any atom is 0.234 e. The molecule has 1 saturated heterocycles. The summed E-state index contributed by atoms with van der Waals surface area (Å²) in [5.74, 6) is -0.00999. The van der Waals surface area contributed by atoms with E-state index in [4.69, 9.17) is 23.2 Å². The molecule has 164 valence electrons. The zero-order valence-corrected chi connectivity index (χ0v) is 20.1. The third-order valence-corrected chi connectivity index (χ3v) is 8.55. The third-order valence-electron chi connectivity index (χ3n) is 5.44. The molecule has 2 aliphatic rings. The number of amidine groups is 1. The minimum absolute atomic E-state index is 0.00120. The molecule has 2 aliphatic heterocycles. The fourth-order valence-electron chi connectivity index (χ4n) is 3.82. The number of fused-ring (bicyclic) bond motifs is 1. The Balaban J connectivity index is 1.54. The van der Waals surface area contributed by atoms with Crippen LogP contribution in [0.15, 0.2) is 41.4 Å². The number of carbonyl (C=O) groups is 1. The van der Waals surface area contributed by atoms with E-state index in [0.29, 0.717) is 20.9 Å². The number of halogens is 2. The van der Waals surface area contributed by atoms with Gasteiger partial charge in [-0.1, -0.05) is 47.1 Å². The van der Waals surface area contributed by atoms with Crippen molar-refractivity contribution in [1.29, 1.82) is 0 Å². The first-order valence-corrected chi connectivity index (χ1v) is 13.2. The van der Waals surface area contributed by atoms with Crippen molar-refractivity contribution < 1.29 is 13.2 Å². The summed E-state index contributed by atoms with van der Waals surface area (Å²) in [4.78, 5) is 19.1. The van der Waals surface area contributed by atoms with E-state index in [1.54, 1.807) is 18.2 Å². The number of hydrogen-bond donors (Lipinski definition) is 1. The Morgan fingerprint density at radius 2 is 1.90 bits per heavy atom. The predicted octanol–water partition coefficient (Wildman–Crippen LogP) is 4.32. The fraction of sp³-hybridized carbons (Fsp3) is 0.333. The molecule has 2 atom stereocenters. The second kappa shape index (κ2) is 8.65. The van der Waals surface area contributed by atoms with E-state index in [-0.39, 0.29) is 35.2 Å². The minimum atomic E-state index is -3.17. The number of anilines is 2. The average Bonchev–Trinajstić information content (AvgIpc) is 3.14. The standard InChI is InChI=1S/C21H21Cl2N3O3S2/c1-12-4-3-5-17(13(12)2)24-20(27)9-30-21-25-18-10-31(28,29)11-19(18)26(21)16-7-14(22)6-15(23)8-16/h3-8,18-19H,9-11H2,1-2H3,(H,24,27)/t18-,19+/m0/s1. The van der Waals surface area contributed by atoms with Gasteiger partial charge in [-0.25, -0.2) is 8.42 Å². The summed E-state index contributed by atoms with van der Waals surface area (Å²) >= 11 is 13.6. The van der Waals surface area contributed by atoms with Crippen LogP contribution in [0.2, 0.25) is 10.0 Å². The summed E-state index contributed by atoms with van der Waals surface area (Å²) in [6, 6.07) is 10.1. The lowest BCUT2D eigenvalue weighted by atomic mass is 10.1. The molecule has 1 amide bonds. The van der Waals surface area contributed by atoms with Crippen molar-refractivity contribution in [2.45, 2.75) is 25.9 Å². The van der Waals surface area contributed by atoms with Crippen molar-refractivity contribution in [2.24, 2.45) is 4.99 Å². The van der Waals surface area contributed by atoms with Crippen LogP contribution in [-0.2, 0) is 14.6 Å². The van der Waals surface area contributed by atoms with Gasteiger partial charge in [-0.15, -0.1) is 0 Å². The summed E-state index contributed by atoms with van der Waals surface area (Å²) in [6.45, 7) is 3.96. The molecule has 0 radical (unpaired) electrons. The second-order valence-electron chi connectivity index (χ2n) is 7.71. The number of carbonyl (C=O) groups excluding carboxylic acids is 1. The third kappa shape index (κ3) is 4.87. The van der Waals surface area contributed by atoms with Gasteiger partial charge < -0.3 is 10.2 Å². The van der Waals surface area contributed by atoms with Gasteiger partial charge in [0.15, 0.2) is 15.0 Å². The molecule has 0 aromatic heterocycles. The van der Waals surface area contributed by atoms with E-state index >= 15 is 0 Å². The van der Waals surface area contributed by atoms with Gasteiger partial charge in [0.2, 0.25) is 5.91 Å². The summed E-state index contributed by atoms with van der Waals surface area (Å²) in [6.07, 6.45) is 0. The Labute approximate surface area is 195 Å². The maximum atomic E-state index is 12.6. The molecule has 0 saturated carbocycles. The van der Waals surface area contributed by atoms with Gasteiger partial charge in [-0.2, -0.15) is 0 Å². The zero-order valence-electron chi connectivity index (χ0n) is 16.9. The van der Waals surface area contributed by atoms with E-state index in [9.17, 15) is 13.2 Å². The highest BCUT2D eigenvalue weighted by Gasteiger charge is 2.47. The molecule has 10 heteroatoms. The van der Waals surface area contributed by atoms with Gasteiger partial charge in [0, 0.05) is 21.4 Å². The quantitative estimate of drug-likeness (QED) is 0.679. The molecular weight excluding hydrogens is 477 g/mol. The fourth-order valence-corrected chi connectivity index (χ4v) is 7.10. The number of nitrogens with one attached hydrogen (secondary N) is 1. The molecule has 0 unspecified atom stereocenters. The highest BCUT2D eigenvalue weighted by Crippen LogP contribution is 2.37. The van der Waals surface area contributed by atoms with Crippen LogP contribution in [0.1, 0.15) is 11.1 Å². The first-order chi connectivity index (χ1) is 14.6. The summed E-state index contributed by atoms with van der Waals surface area (Å²) in [7, 11) is -3.17. The number of hydrogen-bond acceptors (Lipinski definition) is 6. The SMILES string of the molecule is Cc1cccc(NC(=O)CSC2=N[C@H]3CS(=O)(=O)C[C@H]3N2c2cc(Cl)cc(Cl)c2)c1C. The number of sulfone groups is 1. The van der Waals surface area contributed by atoms with Crippen LogP contribution in [0, 0.1) is 13.8 Å². The van der Waals surface area contributed by atoms with Crippen LogP contribution >= 0.6 is 35.0 Å². The number of nitrogens with zero attached hydrogens (tertiary/aromatic N) is 2. The first kappa shape index (κ1) is 22.5. The van der Waals surface area contributed by atoms with E-state index in [0.717, 1.165) is 16.8 Å². The van der Waals surface area contributed by atoms with Crippen LogP contribution in [0.5, 0.6) is 0 Å². The zero-order chi connectivity index (χ0) is 22.3. The maximum absolute atomic E-state index is 12.6. The van der Waals surface area contributed by atoms with Crippen molar-refractivity contribution in [3.8, 4) is 0 Å². The summed E-state index contributed by atoms with van der Waals surface area (Å²) < 4.78 is 24.3. The van der Waals surface area contributed by atoms with Crippen molar-refractivity contribution >= 4 is 67.3 Å². The Kier molecular flexibility index (Phi) is 6.27. The molecule has 1 fully saturated rings. The lowest BCUT2D eigenvalue weighted by molar-refractivity contribution is -0.113. The van der Waals surface area contributed by atoms with Gasteiger partial charge >= 0.3 is 0 Å². The Morgan fingerprint density at radius 3 is 2.61 bits per heavy atom. The average molecular weight is 498 g/mol. The molecule has 6 nitrogen and oxygen atoms in total. The molecule has 2 aromatic carbocycles. The van der Waals surface area contributed by atoms with Gasteiger partial charge in [0.1, 0.15) is 0 Å². The van der Waals surface area contributed by atoms with Gasteiger partial charge in [0.05, 0.1) is 29.3 Å². The van der Waals surface area contributed by atoms with Gasteiger partial charge in [-0.05, 0) is 49.2 Å². The van der Waals surface area contributed by atoms with Crippen LogP contribution in [-0.4, -0.2) is 48.8 Å². The molecule has 0 bridgehead atoms. The number of amides is 1. The minimum Gasteiger partial charge on any atom is -0.325 e. The highest BCUT2D eigenvalue weighted by atomic mass is 35.5. The predicted molar refractivity (Wildman–Crippen MR) is 130 cm³/mol. The molecule has 0 aliphatic carbocycles. The second-order valence-corrected chi connectivity index (χ2v) is 11.7. The molecule has 4 rings (SSSR count). The topological polar surface area (TPSA) is 78.8 Å². The molecule has 1 N–H and O–H groups in total. The molecule has 2 heterocycles. The van der Waals surface area contributed by atoms with E-state index < -0.39 is 9.84 Å². The Morgan fingerprint density at radius 1 is 1.19 bits per heavy atom. The van der Waals surface area contributed by atoms with Crippen LogP contribution in [0.3, 0.4) is 0 Å². The number of thioether (sulfide) groups is 1. The van der Waals surface area contributed by atoms with Crippen molar-refractivity contribution in [3.05, 3.63) is 57.6 Å². The summed E-state index contributed by atoms with van der Waals surface area (Å²) in [5, 5.41) is 4.43. The van der Waals surface area contributed by atoms with Crippen LogP contribution < -0.4 is 10.2 Å². The monoisotopic (exact) mass is 497 g/mol. The number of aryl methyl sites for hydroxylation is 1. The normalized spacial score (nSPS) is 21.7. The van der Waals surface area contributed by atoms with Gasteiger partial charge in [0.25, 0.3) is 0 Å². The van der Waals surface area contributed by atoms with Crippen molar-refractivity contribution in [1.82, 2.24) is 0 Å². The summed E-state index contributed by atoms with van der Waals surface area (Å²) in [5.41, 5.74) is 3.57. The highest BCUT2D eigenvalue weighted by molar-refractivity contribution is 8.14. The van der Waals surface area contributed by atoms with Crippen LogP contribution in [0.25, 0.3) is 0 Å². The Hall–Kier alpha value is -1.74. The molecule has 0 spiro atoms. The molecule has 31 heavy (non-hydrogen) atoms. The van der Waals surface area contributed by atoms with Crippen molar-refractivity contribution in [2.75, 3.05) is 27.5 Å². The van der Waals surface area contributed by atoms with Crippen molar-refractivity contribution in [3.63, 3.8) is 0 Å². The number of rotatable bonds is 4. The lowest BCUT2D eigenvalue weighted by Crippen LogP contribution is -2.39. The lowest BCUT2D eigenvalue weighted by Gasteiger charge is -2.26. The van der Waals surface area contributed by atoms with Gasteiger partial charge in [-0.3, -0.25) is 9.79 Å². The van der Waals surface area contributed by atoms with E-state index in [2.05, 4.69) is 10.3 Å². The molecular formula is C21H21Cl2N3O3S2. The number of benzene rings is 2.